The molecule has 0 radical (unpaired) electrons. The normalized spacial score (nSPS) is 28.3. The second-order valence-electron chi connectivity index (χ2n) is 9.90. The first-order chi connectivity index (χ1) is 15.0. The molecular formula is C24H37N5O2. The van der Waals surface area contributed by atoms with Crippen LogP contribution in [0.2, 0.25) is 0 Å². The van der Waals surface area contributed by atoms with Gasteiger partial charge in [-0.25, -0.2) is 4.98 Å². The number of hydrogen-bond acceptors (Lipinski definition) is 6. The van der Waals surface area contributed by atoms with Crippen molar-refractivity contribution in [3.05, 3.63) is 23.4 Å². The first-order valence-corrected chi connectivity index (χ1v) is 12.2. The Kier molecular flexibility index (Phi) is 6.17. The number of hydrogen-bond donors (Lipinski definition) is 0. The molecule has 2 unspecified atom stereocenters. The van der Waals surface area contributed by atoms with Crippen LogP contribution >= 0.6 is 0 Å². The minimum Gasteiger partial charge on any atom is -0.372 e. The Balaban J connectivity index is 1.14. The highest BCUT2D eigenvalue weighted by Crippen LogP contribution is 2.26. The molecule has 0 bridgehead atoms. The number of pyridine rings is 1. The number of carbonyl (C=O) groups excluding carboxylic acids is 1. The predicted molar refractivity (Wildman–Crippen MR) is 121 cm³/mol. The number of ether oxygens (including phenoxy) is 1. The zero-order chi connectivity index (χ0) is 21.4. The number of aromatic nitrogens is 1. The molecule has 0 spiro atoms. The van der Waals surface area contributed by atoms with Gasteiger partial charge in [-0.15, -0.1) is 0 Å². The van der Waals surface area contributed by atoms with Crippen molar-refractivity contribution in [2.45, 2.75) is 64.3 Å². The van der Waals surface area contributed by atoms with Crippen molar-refractivity contribution in [1.82, 2.24) is 19.7 Å². The fourth-order valence-electron chi connectivity index (χ4n) is 5.52. The van der Waals surface area contributed by atoms with E-state index in [-0.39, 0.29) is 18.1 Å². The molecule has 5 rings (SSSR count). The van der Waals surface area contributed by atoms with Gasteiger partial charge in [-0.2, -0.15) is 0 Å². The summed E-state index contributed by atoms with van der Waals surface area (Å²) in [6.45, 7) is 12.2. The lowest BCUT2D eigenvalue weighted by Gasteiger charge is -2.43. The monoisotopic (exact) mass is 427 g/mol. The Morgan fingerprint density at radius 1 is 1.06 bits per heavy atom. The van der Waals surface area contributed by atoms with E-state index in [1.807, 2.05) is 0 Å². The van der Waals surface area contributed by atoms with Crippen molar-refractivity contribution in [2.24, 2.45) is 0 Å². The number of fused-ring (bicyclic) bond motifs is 1. The molecule has 1 aliphatic carbocycles. The van der Waals surface area contributed by atoms with Gasteiger partial charge in [0.1, 0.15) is 5.82 Å². The zero-order valence-corrected chi connectivity index (χ0v) is 19.1. The predicted octanol–water partition coefficient (Wildman–Crippen LogP) is 1.75. The van der Waals surface area contributed by atoms with Crippen LogP contribution in [0.15, 0.2) is 12.1 Å². The summed E-state index contributed by atoms with van der Waals surface area (Å²) >= 11 is 0. The van der Waals surface area contributed by atoms with E-state index in [1.165, 1.54) is 30.5 Å². The summed E-state index contributed by atoms with van der Waals surface area (Å²) < 4.78 is 5.86. The highest BCUT2D eigenvalue weighted by Gasteiger charge is 2.30. The fourth-order valence-corrected chi connectivity index (χ4v) is 5.52. The summed E-state index contributed by atoms with van der Waals surface area (Å²) in [5, 5.41) is 0. The van der Waals surface area contributed by atoms with E-state index in [0.717, 1.165) is 70.6 Å². The van der Waals surface area contributed by atoms with E-state index in [9.17, 15) is 4.79 Å². The van der Waals surface area contributed by atoms with Gasteiger partial charge in [-0.3, -0.25) is 14.6 Å². The van der Waals surface area contributed by atoms with Gasteiger partial charge in [0.05, 0.1) is 18.8 Å². The number of amides is 1. The van der Waals surface area contributed by atoms with Gasteiger partial charge in [-0.05, 0) is 38.3 Å². The van der Waals surface area contributed by atoms with Crippen molar-refractivity contribution in [3.63, 3.8) is 0 Å². The highest BCUT2D eigenvalue weighted by atomic mass is 16.5. The Hall–Kier alpha value is -1.70. The Morgan fingerprint density at radius 3 is 2.48 bits per heavy atom. The quantitative estimate of drug-likeness (QED) is 0.730. The second-order valence-corrected chi connectivity index (χ2v) is 9.90. The number of carbonyl (C=O) groups is 1. The molecule has 7 nitrogen and oxygen atoms in total. The highest BCUT2D eigenvalue weighted by molar-refractivity contribution is 5.78. The van der Waals surface area contributed by atoms with Crippen molar-refractivity contribution >= 4 is 11.7 Å². The molecule has 3 fully saturated rings. The Labute approximate surface area is 186 Å². The Morgan fingerprint density at radius 2 is 1.81 bits per heavy atom. The molecule has 31 heavy (non-hydrogen) atoms. The number of piperazine rings is 1. The Bertz CT molecular complexity index is 780. The molecule has 4 aliphatic rings. The number of morpholine rings is 1. The first kappa shape index (κ1) is 21.2. The molecule has 2 saturated heterocycles. The summed E-state index contributed by atoms with van der Waals surface area (Å²) in [5.74, 6) is 1.35. The van der Waals surface area contributed by atoms with Crippen LogP contribution in [0.1, 0.15) is 44.4 Å². The maximum absolute atomic E-state index is 12.9. The van der Waals surface area contributed by atoms with Gasteiger partial charge < -0.3 is 14.5 Å². The average molecular weight is 428 g/mol. The first-order valence-electron chi connectivity index (χ1n) is 12.2. The molecule has 170 valence electrons. The molecule has 3 aliphatic heterocycles. The average Bonchev–Trinajstić information content (AvgIpc) is 2.72. The standard InChI is InChI=1S/C24H37N5O2/c1-18-14-29(15-19(2)31-18)23-7-6-20-16-26(9-8-22(20)25-23)17-24(30)28-12-10-27(11-13-28)21-4-3-5-21/h6-7,18-19,21H,3-5,8-17H2,1-2H3. The summed E-state index contributed by atoms with van der Waals surface area (Å²) in [7, 11) is 0. The summed E-state index contributed by atoms with van der Waals surface area (Å²) in [4.78, 5) is 27.2. The van der Waals surface area contributed by atoms with Crippen LogP contribution < -0.4 is 4.90 Å². The topological polar surface area (TPSA) is 52.2 Å². The van der Waals surface area contributed by atoms with Crippen molar-refractivity contribution in [2.75, 3.05) is 57.3 Å². The lowest BCUT2D eigenvalue weighted by atomic mass is 9.91. The van der Waals surface area contributed by atoms with E-state index in [4.69, 9.17) is 9.72 Å². The van der Waals surface area contributed by atoms with E-state index >= 15 is 0 Å². The molecule has 4 heterocycles. The fraction of sp³-hybridized carbons (Fsp3) is 0.750. The molecule has 1 saturated carbocycles. The van der Waals surface area contributed by atoms with Gasteiger partial charge in [0, 0.05) is 70.5 Å². The lowest BCUT2D eigenvalue weighted by molar-refractivity contribution is -0.135. The third-order valence-corrected chi connectivity index (χ3v) is 7.47. The largest absolute Gasteiger partial charge is 0.372 e. The third kappa shape index (κ3) is 4.73. The van der Waals surface area contributed by atoms with Gasteiger partial charge >= 0.3 is 0 Å². The maximum Gasteiger partial charge on any atom is 0.236 e. The van der Waals surface area contributed by atoms with Gasteiger partial charge in [0.15, 0.2) is 0 Å². The van der Waals surface area contributed by atoms with Crippen LogP contribution in [-0.4, -0.2) is 96.2 Å². The molecule has 2 atom stereocenters. The number of rotatable bonds is 4. The van der Waals surface area contributed by atoms with Crippen LogP contribution in [0.4, 0.5) is 5.82 Å². The van der Waals surface area contributed by atoms with Crippen LogP contribution in [0.3, 0.4) is 0 Å². The van der Waals surface area contributed by atoms with Crippen LogP contribution in [0.5, 0.6) is 0 Å². The van der Waals surface area contributed by atoms with Gasteiger partial charge in [-0.1, -0.05) is 12.5 Å². The summed E-state index contributed by atoms with van der Waals surface area (Å²) in [6.07, 6.45) is 5.46. The number of anilines is 1. The summed E-state index contributed by atoms with van der Waals surface area (Å²) in [6, 6.07) is 5.16. The van der Waals surface area contributed by atoms with E-state index < -0.39 is 0 Å². The molecule has 1 aromatic heterocycles. The van der Waals surface area contributed by atoms with E-state index in [0.29, 0.717) is 6.54 Å². The third-order valence-electron chi connectivity index (χ3n) is 7.47. The lowest BCUT2D eigenvalue weighted by Crippen LogP contribution is -2.55. The molecule has 0 N–H and O–H groups in total. The van der Waals surface area contributed by atoms with Crippen molar-refractivity contribution in [3.8, 4) is 0 Å². The smallest absolute Gasteiger partial charge is 0.236 e. The molecule has 1 amide bonds. The minimum absolute atomic E-state index is 0.235. The SMILES string of the molecule is CC1CN(c2ccc3c(n2)CCN(CC(=O)N2CCN(C4CCC4)CC2)C3)CC(C)O1. The van der Waals surface area contributed by atoms with Gasteiger partial charge in [0.2, 0.25) is 5.91 Å². The van der Waals surface area contributed by atoms with Crippen LogP contribution in [-0.2, 0) is 22.5 Å². The van der Waals surface area contributed by atoms with Crippen LogP contribution in [0.25, 0.3) is 0 Å². The zero-order valence-electron chi connectivity index (χ0n) is 19.1. The van der Waals surface area contributed by atoms with Gasteiger partial charge in [0.25, 0.3) is 0 Å². The number of nitrogens with zero attached hydrogens (tertiary/aromatic N) is 5. The van der Waals surface area contributed by atoms with E-state index in [1.54, 1.807) is 0 Å². The maximum atomic E-state index is 12.9. The second kappa shape index (κ2) is 9.04. The summed E-state index contributed by atoms with van der Waals surface area (Å²) in [5.41, 5.74) is 2.47. The molecule has 0 aromatic carbocycles. The van der Waals surface area contributed by atoms with Crippen molar-refractivity contribution in [1.29, 1.82) is 0 Å². The van der Waals surface area contributed by atoms with Crippen LogP contribution in [0, 0.1) is 0 Å². The molecule has 7 heteroatoms. The minimum atomic E-state index is 0.235. The molecular weight excluding hydrogens is 390 g/mol. The van der Waals surface area contributed by atoms with E-state index in [2.05, 4.69) is 45.6 Å². The van der Waals surface area contributed by atoms with Crippen molar-refractivity contribution < 1.29 is 9.53 Å². The molecule has 1 aromatic rings.